The van der Waals surface area contributed by atoms with Gasteiger partial charge in [-0.3, -0.25) is 4.79 Å². The molecule has 1 aliphatic heterocycles. The molecule has 0 aliphatic carbocycles. The number of aromatic amines is 1. The standard InChI is InChI=1S/C22H24N2O5/c1-3-26-16-5-6-17(19(11-16)27-4-2)23-13-15-9-14-10-20-21(29-8-7-28-20)12-18(14)24-22(15)25/h5-6,9-12,23H,3-4,7-8,13H2,1-2H3,(H,24,25). The molecular weight excluding hydrogens is 372 g/mol. The summed E-state index contributed by atoms with van der Waals surface area (Å²) in [5.74, 6) is 2.79. The molecule has 7 heteroatoms. The number of ether oxygens (including phenoxy) is 4. The van der Waals surface area contributed by atoms with Gasteiger partial charge in [0, 0.05) is 29.6 Å². The zero-order valence-corrected chi connectivity index (χ0v) is 16.5. The Labute approximate surface area is 168 Å². The fraction of sp³-hybridized carbons (Fsp3) is 0.318. The maximum absolute atomic E-state index is 12.6. The van der Waals surface area contributed by atoms with Crippen molar-refractivity contribution in [2.45, 2.75) is 20.4 Å². The van der Waals surface area contributed by atoms with Gasteiger partial charge in [0.1, 0.15) is 24.7 Å². The summed E-state index contributed by atoms with van der Waals surface area (Å²) < 4.78 is 22.5. The first-order valence-corrected chi connectivity index (χ1v) is 9.77. The molecule has 2 aromatic carbocycles. The third kappa shape index (κ3) is 4.08. The van der Waals surface area contributed by atoms with Crippen LogP contribution in [0.5, 0.6) is 23.0 Å². The van der Waals surface area contributed by atoms with Crippen molar-refractivity contribution in [3.05, 3.63) is 52.3 Å². The lowest BCUT2D eigenvalue weighted by Gasteiger charge is -2.19. The Morgan fingerprint density at radius 3 is 2.52 bits per heavy atom. The van der Waals surface area contributed by atoms with Crippen molar-refractivity contribution in [2.24, 2.45) is 0 Å². The molecule has 1 aromatic heterocycles. The lowest BCUT2D eigenvalue weighted by atomic mass is 10.1. The number of rotatable bonds is 7. The minimum absolute atomic E-state index is 0.148. The van der Waals surface area contributed by atoms with Crippen molar-refractivity contribution in [1.82, 2.24) is 4.98 Å². The molecule has 152 valence electrons. The van der Waals surface area contributed by atoms with Crippen molar-refractivity contribution in [3.8, 4) is 23.0 Å². The number of fused-ring (bicyclic) bond motifs is 2. The van der Waals surface area contributed by atoms with Crippen LogP contribution in [0.4, 0.5) is 5.69 Å². The van der Waals surface area contributed by atoms with Gasteiger partial charge >= 0.3 is 0 Å². The fourth-order valence-electron chi connectivity index (χ4n) is 3.29. The number of pyridine rings is 1. The monoisotopic (exact) mass is 396 g/mol. The van der Waals surface area contributed by atoms with E-state index in [0.29, 0.717) is 55.8 Å². The highest BCUT2D eigenvalue weighted by Crippen LogP contribution is 2.34. The second-order valence-corrected chi connectivity index (χ2v) is 6.58. The molecule has 4 rings (SSSR count). The van der Waals surface area contributed by atoms with Gasteiger partial charge in [-0.2, -0.15) is 0 Å². The quantitative estimate of drug-likeness (QED) is 0.634. The van der Waals surface area contributed by atoms with E-state index in [1.165, 1.54) is 0 Å². The summed E-state index contributed by atoms with van der Waals surface area (Å²) in [5.41, 5.74) is 1.99. The van der Waals surface area contributed by atoms with Crippen molar-refractivity contribution in [1.29, 1.82) is 0 Å². The molecule has 0 atom stereocenters. The minimum atomic E-state index is -0.148. The zero-order chi connectivity index (χ0) is 20.2. The van der Waals surface area contributed by atoms with Crippen molar-refractivity contribution >= 4 is 16.6 Å². The Bertz CT molecular complexity index is 1080. The first kappa shape index (κ1) is 19.0. The molecule has 0 radical (unpaired) electrons. The average Bonchev–Trinajstić information content (AvgIpc) is 2.72. The van der Waals surface area contributed by atoms with E-state index in [0.717, 1.165) is 22.3 Å². The highest BCUT2D eigenvalue weighted by molar-refractivity contribution is 5.83. The van der Waals surface area contributed by atoms with E-state index in [4.69, 9.17) is 18.9 Å². The van der Waals surface area contributed by atoms with Crippen LogP contribution in [-0.2, 0) is 6.54 Å². The Morgan fingerprint density at radius 2 is 1.76 bits per heavy atom. The Morgan fingerprint density at radius 1 is 1.00 bits per heavy atom. The fourth-order valence-corrected chi connectivity index (χ4v) is 3.29. The van der Waals surface area contributed by atoms with Crippen LogP contribution in [0, 0.1) is 0 Å². The van der Waals surface area contributed by atoms with E-state index in [-0.39, 0.29) is 5.56 Å². The van der Waals surface area contributed by atoms with Crippen LogP contribution in [0.3, 0.4) is 0 Å². The van der Waals surface area contributed by atoms with Gasteiger partial charge in [0.2, 0.25) is 0 Å². The molecule has 0 unspecified atom stereocenters. The average molecular weight is 396 g/mol. The van der Waals surface area contributed by atoms with E-state index in [1.54, 1.807) is 0 Å². The predicted molar refractivity (Wildman–Crippen MR) is 112 cm³/mol. The molecule has 1 aliphatic rings. The summed E-state index contributed by atoms with van der Waals surface area (Å²) in [6.45, 7) is 6.37. The molecule has 0 amide bonds. The molecule has 0 bridgehead atoms. The van der Waals surface area contributed by atoms with Crippen molar-refractivity contribution in [3.63, 3.8) is 0 Å². The maximum atomic E-state index is 12.6. The predicted octanol–water partition coefficient (Wildman–Crippen LogP) is 3.71. The van der Waals surface area contributed by atoms with Gasteiger partial charge in [-0.25, -0.2) is 0 Å². The molecule has 0 saturated heterocycles. The van der Waals surface area contributed by atoms with Crippen LogP contribution in [0.25, 0.3) is 10.9 Å². The van der Waals surface area contributed by atoms with Crippen LogP contribution in [-0.4, -0.2) is 31.4 Å². The number of hydrogen-bond donors (Lipinski definition) is 2. The van der Waals surface area contributed by atoms with Gasteiger partial charge < -0.3 is 29.2 Å². The summed E-state index contributed by atoms with van der Waals surface area (Å²) in [5, 5.41) is 4.19. The highest BCUT2D eigenvalue weighted by Gasteiger charge is 2.14. The summed E-state index contributed by atoms with van der Waals surface area (Å²) in [7, 11) is 0. The zero-order valence-electron chi connectivity index (χ0n) is 16.5. The number of hydrogen-bond acceptors (Lipinski definition) is 6. The maximum Gasteiger partial charge on any atom is 0.253 e. The number of aromatic nitrogens is 1. The first-order valence-electron chi connectivity index (χ1n) is 9.77. The molecule has 0 fully saturated rings. The van der Waals surface area contributed by atoms with Gasteiger partial charge in [0.05, 0.1) is 24.4 Å². The number of anilines is 1. The van der Waals surface area contributed by atoms with Gasteiger partial charge in [0.25, 0.3) is 5.56 Å². The molecule has 3 aromatic rings. The first-order chi connectivity index (χ1) is 14.2. The van der Waals surface area contributed by atoms with Gasteiger partial charge in [-0.1, -0.05) is 0 Å². The van der Waals surface area contributed by atoms with E-state index in [1.807, 2.05) is 50.2 Å². The van der Waals surface area contributed by atoms with Gasteiger partial charge in [-0.15, -0.1) is 0 Å². The SMILES string of the molecule is CCOc1ccc(NCc2cc3cc4c(cc3[nH]c2=O)OCCO4)c(OCC)c1. The third-order valence-electron chi connectivity index (χ3n) is 4.62. The van der Waals surface area contributed by atoms with Crippen LogP contribution >= 0.6 is 0 Å². The smallest absolute Gasteiger partial charge is 0.253 e. The van der Waals surface area contributed by atoms with Gasteiger partial charge in [-0.05, 0) is 38.1 Å². The number of H-pyrrole nitrogens is 1. The van der Waals surface area contributed by atoms with Crippen LogP contribution < -0.4 is 29.8 Å². The number of nitrogens with one attached hydrogen (secondary N) is 2. The van der Waals surface area contributed by atoms with Crippen LogP contribution in [0.15, 0.2) is 41.2 Å². The molecule has 2 heterocycles. The molecule has 7 nitrogen and oxygen atoms in total. The Hall–Kier alpha value is -3.35. The van der Waals surface area contributed by atoms with Gasteiger partial charge in [0.15, 0.2) is 11.5 Å². The Kier molecular flexibility index (Phi) is 5.46. The largest absolute Gasteiger partial charge is 0.494 e. The molecule has 2 N–H and O–H groups in total. The molecular formula is C22H24N2O5. The second-order valence-electron chi connectivity index (χ2n) is 6.58. The normalized spacial score (nSPS) is 12.6. The lowest BCUT2D eigenvalue weighted by molar-refractivity contribution is 0.172. The van der Waals surface area contributed by atoms with Crippen LogP contribution in [0.1, 0.15) is 19.4 Å². The molecule has 29 heavy (non-hydrogen) atoms. The van der Waals surface area contributed by atoms with E-state index < -0.39 is 0 Å². The van der Waals surface area contributed by atoms with E-state index in [2.05, 4.69) is 10.3 Å². The van der Waals surface area contributed by atoms with Crippen molar-refractivity contribution in [2.75, 3.05) is 31.7 Å². The summed E-state index contributed by atoms with van der Waals surface area (Å²) in [4.78, 5) is 15.5. The summed E-state index contributed by atoms with van der Waals surface area (Å²) in [6, 6.07) is 11.2. The Balaban J connectivity index is 1.59. The third-order valence-corrected chi connectivity index (χ3v) is 4.62. The topological polar surface area (TPSA) is 81.8 Å². The molecule has 0 saturated carbocycles. The summed E-state index contributed by atoms with van der Waals surface area (Å²) in [6.07, 6.45) is 0. The van der Waals surface area contributed by atoms with Crippen molar-refractivity contribution < 1.29 is 18.9 Å². The van der Waals surface area contributed by atoms with E-state index >= 15 is 0 Å². The second kappa shape index (κ2) is 8.34. The highest BCUT2D eigenvalue weighted by atomic mass is 16.6. The minimum Gasteiger partial charge on any atom is -0.494 e. The molecule has 0 spiro atoms. The summed E-state index contributed by atoms with van der Waals surface area (Å²) >= 11 is 0. The van der Waals surface area contributed by atoms with E-state index in [9.17, 15) is 4.79 Å². The number of benzene rings is 2. The van der Waals surface area contributed by atoms with Crippen LogP contribution in [0.2, 0.25) is 0 Å². The lowest BCUT2D eigenvalue weighted by Crippen LogP contribution is -2.17.